The van der Waals surface area contributed by atoms with Gasteiger partial charge in [0, 0.05) is 6.04 Å². The third-order valence-corrected chi connectivity index (χ3v) is 4.10. The van der Waals surface area contributed by atoms with E-state index in [1.807, 2.05) is 25.9 Å². The fourth-order valence-electron chi connectivity index (χ4n) is 1.46. The molecule has 0 fully saturated rings. The molecule has 0 aliphatic heterocycles. The number of hydrogen-bond donors (Lipinski definition) is 1. The number of benzene rings is 1. The molecule has 0 aliphatic rings. The van der Waals surface area contributed by atoms with Gasteiger partial charge in [0.2, 0.25) is 10.0 Å². The Bertz CT molecular complexity index is 471. The van der Waals surface area contributed by atoms with Crippen molar-refractivity contribution in [1.82, 2.24) is 9.62 Å². The zero-order valence-corrected chi connectivity index (χ0v) is 11.7. The van der Waals surface area contributed by atoms with Gasteiger partial charge in [0.1, 0.15) is 5.82 Å². The average Bonchev–Trinajstić information content (AvgIpc) is 2.26. The fourth-order valence-corrected chi connectivity index (χ4v) is 2.74. The second kappa shape index (κ2) is 6.26. The second-order valence-electron chi connectivity index (χ2n) is 4.57. The molecule has 0 spiro atoms. The molecule has 0 radical (unpaired) electrons. The van der Waals surface area contributed by atoms with Crippen molar-refractivity contribution < 1.29 is 12.8 Å². The molecule has 18 heavy (non-hydrogen) atoms. The van der Waals surface area contributed by atoms with Crippen molar-refractivity contribution in [3.05, 3.63) is 30.1 Å². The Morgan fingerprint density at radius 1 is 1.28 bits per heavy atom. The first-order valence-corrected chi connectivity index (χ1v) is 7.22. The first-order valence-electron chi connectivity index (χ1n) is 5.74. The van der Waals surface area contributed by atoms with Crippen LogP contribution in [0.2, 0.25) is 0 Å². The van der Waals surface area contributed by atoms with Crippen molar-refractivity contribution in [3.63, 3.8) is 0 Å². The van der Waals surface area contributed by atoms with E-state index < -0.39 is 15.8 Å². The predicted molar refractivity (Wildman–Crippen MR) is 69.4 cm³/mol. The standard InChI is InChI=1S/C12H19FN2O2S/c1-10(8-9-15(2)3)14-18(16,17)12-6-4-11(13)5-7-12/h4-7,10,14H,8-9H2,1-3H3. The molecule has 1 unspecified atom stereocenters. The van der Waals surface area contributed by atoms with Gasteiger partial charge in [-0.25, -0.2) is 17.5 Å². The van der Waals surface area contributed by atoms with Gasteiger partial charge in [0.25, 0.3) is 0 Å². The Morgan fingerprint density at radius 3 is 2.33 bits per heavy atom. The van der Waals surface area contributed by atoms with Gasteiger partial charge < -0.3 is 4.90 Å². The van der Waals surface area contributed by atoms with Crippen molar-refractivity contribution >= 4 is 10.0 Å². The Balaban J connectivity index is 2.67. The molecule has 0 saturated heterocycles. The van der Waals surface area contributed by atoms with Crippen molar-refractivity contribution in [2.24, 2.45) is 0 Å². The molecule has 102 valence electrons. The summed E-state index contributed by atoms with van der Waals surface area (Å²) in [5, 5.41) is 0. The molecule has 0 heterocycles. The van der Waals surface area contributed by atoms with Crippen LogP contribution in [0.15, 0.2) is 29.2 Å². The summed E-state index contributed by atoms with van der Waals surface area (Å²) < 4.78 is 39.2. The summed E-state index contributed by atoms with van der Waals surface area (Å²) in [6.07, 6.45) is 0.716. The molecule has 0 aliphatic carbocycles. The van der Waals surface area contributed by atoms with Crippen LogP contribution in [0, 0.1) is 5.82 Å². The van der Waals surface area contributed by atoms with Gasteiger partial charge in [-0.05, 0) is 58.3 Å². The highest BCUT2D eigenvalue weighted by Gasteiger charge is 2.17. The van der Waals surface area contributed by atoms with Crippen LogP contribution in [0.3, 0.4) is 0 Å². The smallest absolute Gasteiger partial charge is 0.240 e. The molecule has 6 heteroatoms. The summed E-state index contributed by atoms with van der Waals surface area (Å²) >= 11 is 0. The molecule has 0 saturated carbocycles. The maximum atomic E-state index is 12.7. The molecular formula is C12H19FN2O2S. The average molecular weight is 274 g/mol. The van der Waals surface area contributed by atoms with Gasteiger partial charge >= 0.3 is 0 Å². The van der Waals surface area contributed by atoms with E-state index in [0.29, 0.717) is 6.42 Å². The molecule has 4 nitrogen and oxygen atoms in total. The minimum atomic E-state index is -3.56. The van der Waals surface area contributed by atoms with E-state index in [2.05, 4.69) is 4.72 Å². The van der Waals surface area contributed by atoms with E-state index in [1.165, 1.54) is 12.1 Å². The van der Waals surface area contributed by atoms with Crippen LogP contribution < -0.4 is 4.72 Å². The molecule has 1 rings (SSSR count). The first kappa shape index (κ1) is 15.1. The second-order valence-corrected chi connectivity index (χ2v) is 6.28. The minimum absolute atomic E-state index is 0.0839. The number of nitrogens with one attached hydrogen (secondary N) is 1. The lowest BCUT2D eigenvalue weighted by atomic mass is 10.2. The topological polar surface area (TPSA) is 49.4 Å². The number of halogens is 1. The zero-order valence-electron chi connectivity index (χ0n) is 10.9. The van der Waals surface area contributed by atoms with Crippen LogP contribution >= 0.6 is 0 Å². The highest BCUT2D eigenvalue weighted by Crippen LogP contribution is 2.10. The lowest BCUT2D eigenvalue weighted by Gasteiger charge is -2.16. The molecule has 1 atom stereocenters. The van der Waals surface area contributed by atoms with Gasteiger partial charge in [0.05, 0.1) is 4.90 Å². The van der Waals surface area contributed by atoms with Crippen molar-refractivity contribution in [1.29, 1.82) is 0 Å². The quantitative estimate of drug-likeness (QED) is 0.854. The monoisotopic (exact) mass is 274 g/mol. The number of rotatable bonds is 6. The normalized spacial score (nSPS) is 13.8. The van der Waals surface area contributed by atoms with E-state index >= 15 is 0 Å². The van der Waals surface area contributed by atoms with Crippen molar-refractivity contribution in [2.45, 2.75) is 24.3 Å². The minimum Gasteiger partial charge on any atom is -0.309 e. The zero-order chi connectivity index (χ0) is 13.8. The van der Waals surface area contributed by atoms with Crippen LogP contribution in [0.5, 0.6) is 0 Å². The number of nitrogens with zero attached hydrogens (tertiary/aromatic N) is 1. The third-order valence-electron chi connectivity index (χ3n) is 2.49. The Labute approximate surface area is 108 Å². The summed E-state index contributed by atoms with van der Waals surface area (Å²) in [6.45, 7) is 2.61. The Hall–Kier alpha value is -0.980. The van der Waals surface area contributed by atoms with Crippen LogP contribution in [0.25, 0.3) is 0 Å². The molecule has 0 aromatic heterocycles. The van der Waals surface area contributed by atoms with Crippen molar-refractivity contribution in [2.75, 3.05) is 20.6 Å². The van der Waals surface area contributed by atoms with E-state index in [1.54, 1.807) is 0 Å². The lowest BCUT2D eigenvalue weighted by Crippen LogP contribution is -2.34. The van der Waals surface area contributed by atoms with Crippen LogP contribution in [0.1, 0.15) is 13.3 Å². The SMILES string of the molecule is CC(CCN(C)C)NS(=O)(=O)c1ccc(F)cc1. The van der Waals surface area contributed by atoms with Gasteiger partial charge in [-0.1, -0.05) is 0 Å². The Morgan fingerprint density at radius 2 is 1.83 bits per heavy atom. The van der Waals surface area contributed by atoms with E-state index in [4.69, 9.17) is 0 Å². The molecule has 0 bridgehead atoms. The van der Waals surface area contributed by atoms with Crippen LogP contribution in [0.4, 0.5) is 4.39 Å². The molecular weight excluding hydrogens is 255 g/mol. The first-order chi connectivity index (χ1) is 8.31. The maximum absolute atomic E-state index is 12.7. The van der Waals surface area contributed by atoms with Gasteiger partial charge in [-0.15, -0.1) is 0 Å². The van der Waals surface area contributed by atoms with E-state index in [0.717, 1.165) is 18.7 Å². The number of sulfonamides is 1. The summed E-state index contributed by atoms with van der Waals surface area (Å²) in [6, 6.07) is 4.63. The molecule has 1 aromatic carbocycles. The van der Waals surface area contributed by atoms with Gasteiger partial charge in [0.15, 0.2) is 0 Å². The lowest BCUT2D eigenvalue weighted by molar-refractivity contribution is 0.379. The van der Waals surface area contributed by atoms with Gasteiger partial charge in [-0.3, -0.25) is 0 Å². The van der Waals surface area contributed by atoms with E-state index in [-0.39, 0.29) is 10.9 Å². The summed E-state index contributed by atoms with van der Waals surface area (Å²) in [5.41, 5.74) is 0. The Kier molecular flexibility index (Phi) is 5.25. The van der Waals surface area contributed by atoms with Crippen LogP contribution in [-0.2, 0) is 10.0 Å². The molecule has 1 N–H and O–H groups in total. The fraction of sp³-hybridized carbons (Fsp3) is 0.500. The highest BCUT2D eigenvalue weighted by molar-refractivity contribution is 7.89. The van der Waals surface area contributed by atoms with Gasteiger partial charge in [-0.2, -0.15) is 0 Å². The third kappa shape index (κ3) is 4.72. The molecule has 0 amide bonds. The summed E-state index contributed by atoms with van der Waals surface area (Å²) in [5.74, 6) is -0.449. The summed E-state index contributed by atoms with van der Waals surface area (Å²) in [7, 11) is 0.304. The largest absolute Gasteiger partial charge is 0.309 e. The summed E-state index contributed by atoms with van der Waals surface area (Å²) in [4.78, 5) is 2.07. The van der Waals surface area contributed by atoms with E-state index in [9.17, 15) is 12.8 Å². The van der Waals surface area contributed by atoms with Crippen molar-refractivity contribution in [3.8, 4) is 0 Å². The predicted octanol–water partition coefficient (Wildman–Crippen LogP) is 1.44. The van der Waals surface area contributed by atoms with Crippen LogP contribution in [-0.4, -0.2) is 40.0 Å². The number of hydrogen-bond acceptors (Lipinski definition) is 3. The maximum Gasteiger partial charge on any atom is 0.240 e. The highest BCUT2D eigenvalue weighted by atomic mass is 32.2. The molecule has 1 aromatic rings.